The molecule has 4 rings (SSSR count). The van der Waals surface area contributed by atoms with Crippen molar-refractivity contribution in [1.29, 1.82) is 0 Å². The van der Waals surface area contributed by atoms with Crippen LogP contribution in [0, 0.1) is 0 Å². The van der Waals surface area contributed by atoms with Gasteiger partial charge in [0.2, 0.25) is 0 Å². The summed E-state index contributed by atoms with van der Waals surface area (Å²) in [6.45, 7) is 11.6. The van der Waals surface area contributed by atoms with E-state index in [1.165, 1.54) is 37.3 Å². The molecule has 0 fully saturated rings. The van der Waals surface area contributed by atoms with Crippen LogP contribution in [0.25, 0.3) is 16.7 Å². The third-order valence-electron chi connectivity index (χ3n) is 7.18. The van der Waals surface area contributed by atoms with Crippen LogP contribution in [0.5, 0.6) is 0 Å². The van der Waals surface area contributed by atoms with Crippen molar-refractivity contribution >= 4 is 20.4 Å². The van der Waals surface area contributed by atoms with E-state index in [0.717, 1.165) is 0 Å². The van der Waals surface area contributed by atoms with Crippen LogP contribution in [0.1, 0.15) is 50.0 Å². The van der Waals surface area contributed by atoms with Crippen LogP contribution in [0.2, 0.25) is 10.5 Å². The van der Waals surface area contributed by atoms with Crippen LogP contribution in [0.3, 0.4) is 0 Å². The molecule has 3 aromatic carbocycles. The fourth-order valence-electron chi connectivity index (χ4n) is 6.27. The predicted octanol–water partition coefficient (Wildman–Crippen LogP) is 6.16. The smallest absolute Gasteiger partial charge is 0.0149 e. The SMILES string of the molecule is CC1=C(C)[CH]([Ti]([CH3])([CH3])([NH]C(C)(C)C)[c]2ccccc2)c2cccc(-c3ccccc3)c21.[SiH4]. The van der Waals surface area contributed by atoms with Crippen LogP contribution >= 0.6 is 0 Å². The maximum Gasteiger partial charge on any atom is -0.0149 e. The minimum atomic E-state index is -3.52. The van der Waals surface area contributed by atoms with Crippen LogP contribution < -0.4 is 7.67 Å². The Balaban J connectivity index is 0.00000289. The zero-order valence-electron chi connectivity index (χ0n) is 20.1. The van der Waals surface area contributed by atoms with E-state index in [2.05, 4.69) is 128 Å². The minimum absolute atomic E-state index is 0. The normalized spacial score (nSPS) is 17.3. The van der Waals surface area contributed by atoms with E-state index >= 15 is 0 Å². The molecule has 0 heterocycles. The van der Waals surface area contributed by atoms with Gasteiger partial charge in [-0.1, -0.05) is 0 Å². The molecule has 0 aromatic heterocycles. The molecule has 0 amide bonds. The second-order valence-electron chi connectivity index (χ2n) is 11.1. The van der Waals surface area contributed by atoms with Crippen LogP contribution in [-0.2, 0) is 15.6 Å². The van der Waals surface area contributed by atoms with Crippen molar-refractivity contribution in [2.24, 2.45) is 0 Å². The zero-order chi connectivity index (χ0) is 22.5. The van der Waals surface area contributed by atoms with Crippen molar-refractivity contribution in [3.8, 4) is 11.1 Å². The van der Waals surface area contributed by atoms with E-state index < -0.39 is 15.6 Å². The van der Waals surface area contributed by atoms with Gasteiger partial charge in [0.1, 0.15) is 0 Å². The first kappa shape index (κ1) is 24.9. The molecule has 32 heavy (non-hydrogen) atoms. The first-order valence-electron chi connectivity index (χ1n) is 11.4. The van der Waals surface area contributed by atoms with Gasteiger partial charge in [-0.05, 0) is 11.0 Å². The molecule has 0 bridgehead atoms. The van der Waals surface area contributed by atoms with Gasteiger partial charge < -0.3 is 0 Å². The molecule has 0 saturated carbocycles. The van der Waals surface area contributed by atoms with Gasteiger partial charge in [-0.2, -0.15) is 0 Å². The molecule has 1 aliphatic rings. The largest absolute Gasteiger partial charge is 0.0149 e. The fourth-order valence-corrected chi connectivity index (χ4v) is 16.9. The first-order chi connectivity index (χ1) is 14.5. The Bertz CT molecular complexity index is 1140. The third-order valence-corrected chi connectivity index (χ3v) is 16.7. The molecule has 1 atom stereocenters. The first-order valence-corrected chi connectivity index (χ1v) is 17.0. The summed E-state index contributed by atoms with van der Waals surface area (Å²) in [7, 11) is 0. The molecule has 0 radical (unpaired) electrons. The average molecular weight is 479 g/mol. The Labute approximate surface area is 200 Å². The summed E-state index contributed by atoms with van der Waals surface area (Å²) >= 11 is -3.52. The van der Waals surface area contributed by atoms with Gasteiger partial charge in [0, 0.05) is 0 Å². The van der Waals surface area contributed by atoms with E-state index in [1.54, 1.807) is 0 Å². The van der Waals surface area contributed by atoms with Crippen molar-refractivity contribution in [1.82, 2.24) is 3.80 Å². The third kappa shape index (κ3) is 4.15. The Hall–Kier alpha value is -1.71. The van der Waals surface area contributed by atoms with Crippen molar-refractivity contribution in [2.45, 2.75) is 54.8 Å². The number of nitrogens with one attached hydrogen (secondary N) is 1. The van der Waals surface area contributed by atoms with Crippen molar-refractivity contribution in [3.63, 3.8) is 0 Å². The molecule has 0 saturated heterocycles. The van der Waals surface area contributed by atoms with Crippen LogP contribution in [0.4, 0.5) is 0 Å². The van der Waals surface area contributed by atoms with Crippen LogP contribution in [0.15, 0.2) is 84.4 Å². The molecular formula is C29H40NSiTi. The van der Waals surface area contributed by atoms with Gasteiger partial charge in [0.25, 0.3) is 0 Å². The number of hydrogen-bond acceptors (Lipinski definition) is 1. The average Bonchev–Trinajstić information content (AvgIpc) is 2.99. The van der Waals surface area contributed by atoms with Gasteiger partial charge in [-0.25, -0.2) is 0 Å². The van der Waals surface area contributed by atoms with E-state index in [-0.39, 0.29) is 16.5 Å². The van der Waals surface area contributed by atoms with Gasteiger partial charge in [-0.3, -0.25) is 0 Å². The molecule has 169 valence electrons. The van der Waals surface area contributed by atoms with Gasteiger partial charge in [0.15, 0.2) is 0 Å². The topological polar surface area (TPSA) is 12.0 Å². The maximum absolute atomic E-state index is 4.28. The Morgan fingerprint density at radius 1 is 0.750 bits per heavy atom. The summed E-state index contributed by atoms with van der Waals surface area (Å²) in [6, 6.07) is 29.0. The molecule has 1 unspecified atom stereocenters. The molecular weight excluding hydrogens is 438 g/mol. The van der Waals surface area contributed by atoms with Crippen LogP contribution in [-0.4, -0.2) is 16.5 Å². The van der Waals surface area contributed by atoms with Gasteiger partial charge in [0.05, 0.1) is 0 Å². The standard InChI is InChI=1S/C17H15.C6H5.C4H10N.2CH3.H4Si.Ti/c1-12-11-15-9-6-10-16(17(15)13(12)2)14-7-4-3-5-8-14;1-2-4-6-5-3-1;1-4(2,3)5;;;;/h3-11H,1-2H3;1-5H;5H,1-3H3;2*1H3;1H4;/q;;-1;;;;+1. The summed E-state index contributed by atoms with van der Waals surface area (Å²) in [5, 5.41) is 5.17. The summed E-state index contributed by atoms with van der Waals surface area (Å²) < 4.78 is 6.19. The van der Waals surface area contributed by atoms with E-state index in [4.69, 9.17) is 0 Å². The number of allylic oxidation sites excluding steroid dienone is 2. The summed E-state index contributed by atoms with van der Waals surface area (Å²) in [5.74, 6) is 0. The van der Waals surface area contributed by atoms with Gasteiger partial charge >= 0.3 is 190 Å². The zero-order valence-corrected chi connectivity index (χ0v) is 21.6. The fraction of sp³-hybridized carbons (Fsp3) is 0.310. The van der Waals surface area contributed by atoms with Gasteiger partial charge in [-0.15, -0.1) is 0 Å². The number of fused-ring (bicyclic) bond motifs is 1. The maximum atomic E-state index is 4.28. The molecule has 0 spiro atoms. The predicted molar refractivity (Wildman–Crippen MR) is 145 cm³/mol. The van der Waals surface area contributed by atoms with E-state index in [1.807, 2.05) is 0 Å². The number of hydrogen-bond donors (Lipinski definition) is 1. The quantitative estimate of drug-likeness (QED) is 0.443. The van der Waals surface area contributed by atoms with Crippen molar-refractivity contribution in [3.05, 3.63) is 95.6 Å². The van der Waals surface area contributed by atoms with E-state index in [9.17, 15) is 0 Å². The summed E-state index contributed by atoms with van der Waals surface area (Å²) in [5.41, 5.74) is 8.61. The van der Waals surface area contributed by atoms with Crippen molar-refractivity contribution < 1.29 is 15.6 Å². The summed E-state index contributed by atoms with van der Waals surface area (Å²) in [4.78, 5) is 0. The molecule has 1 aliphatic carbocycles. The second-order valence-corrected chi connectivity index (χ2v) is 21.1. The second kappa shape index (κ2) is 8.57. The Morgan fingerprint density at radius 2 is 1.31 bits per heavy atom. The summed E-state index contributed by atoms with van der Waals surface area (Å²) in [6.07, 6.45) is 0. The molecule has 1 nitrogen and oxygen atoms in total. The number of rotatable bonds is 4. The Morgan fingerprint density at radius 3 is 1.88 bits per heavy atom. The monoisotopic (exact) mass is 478 g/mol. The number of benzene rings is 3. The van der Waals surface area contributed by atoms with E-state index in [0.29, 0.717) is 4.22 Å². The molecule has 0 aliphatic heterocycles. The molecule has 3 aromatic rings. The molecule has 1 N–H and O–H groups in total. The van der Waals surface area contributed by atoms with Crippen molar-refractivity contribution in [2.75, 3.05) is 0 Å². The Kier molecular flexibility index (Phi) is 6.68. The minimum Gasteiger partial charge on any atom is -0.0149 e. The molecule has 3 heteroatoms.